The lowest BCUT2D eigenvalue weighted by Crippen LogP contribution is -2.09. The van der Waals surface area contributed by atoms with E-state index in [0.29, 0.717) is 0 Å². The fourth-order valence-electron chi connectivity index (χ4n) is 1.35. The van der Waals surface area contributed by atoms with E-state index in [-0.39, 0.29) is 5.54 Å². The van der Waals surface area contributed by atoms with Gasteiger partial charge in [-0.1, -0.05) is 39.0 Å². The van der Waals surface area contributed by atoms with Crippen LogP contribution in [0.2, 0.25) is 0 Å². The third-order valence-corrected chi connectivity index (χ3v) is 2.17. The van der Waals surface area contributed by atoms with Crippen molar-refractivity contribution in [1.29, 1.82) is 0 Å². The summed E-state index contributed by atoms with van der Waals surface area (Å²) in [6, 6.07) is 0. The van der Waals surface area contributed by atoms with Crippen LogP contribution < -0.4 is 0 Å². The van der Waals surface area contributed by atoms with E-state index in [2.05, 4.69) is 38.9 Å². The van der Waals surface area contributed by atoms with Gasteiger partial charge in [0.1, 0.15) is 0 Å². The van der Waals surface area contributed by atoms with Gasteiger partial charge in [-0.3, -0.25) is 4.99 Å². The summed E-state index contributed by atoms with van der Waals surface area (Å²) in [6.45, 7) is 8.69. The molecule has 14 heavy (non-hydrogen) atoms. The first-order valence-electron chi connectivity index (χ1n) is 6.10. The lowest BCUT2D eigenvalue weighted by atomic mass is 10.1. The summed E-state index contributed by atoms with van der Waals surface area (Å²) >= 11 is 0. The predicted octanol–water partition coefficient (Wildman–Crippen LogP) is 4.61. The topological polar surface area (TPSA) is 12.4 Å². The van der Waals surface area contributed by atoms with Gasteiger partial charge in [-0.05, 0) is 39.8 Å². The zero-order valence-electron chi connectivity index (χ0n) is 10.5. The molecule has 0 N–H and O–H groups in total. The van der Waals surface area contributed by atoms with Crippen LogP contribution in [0.3, 0.4) is 0 Å². The number of aliphatic imine (C=N–C) groups is 1. The van der Waals surface area contributed by atoms with E-state index in [4.69, 9.17) is 0 Å². The SMILES string of the molecule is CCCCCCCC/C=N/C(C)(C)C. The molecule has 0 aromatic heterocycles. The average molecular weight is 197 g/mol. The van der Waals surface area contributed by atoms with Crippen molar-refractivity contribution in [2.75, 3.05) is 0 Å². The van der Waals surface area contributed by atoms with Gasteiger partial charge in [-0.25, -0.2) is 0 Å². The molecule has 0 aromatic rings. The fourth-order valence-corrected chi connectivity index (χ4v) is 1.35. The van der Waals surface area contributed by atoms with Crippen molar-refractivity contribution < 1.29 is 0 Å². The van der Waals surface area contributed by atoms with Crippen molar-refractivity contribution >= 4 is 6.21 Å². The minimum Gasteiger partial charge on any atom is -0.292 e. The molecule has 1 nitrogen and oxygen atoms in total. The van der Waals surface area contributed by atoms with Crippen LogP contribution in [-0.2, 0) is 0 Å². The monoisotopic (exact) mass is 197 g/mol. The van der Waals surface area contributed by atoms with E-state index in [1.165, 1.54) is 38.5 Å². The second kappa shape index (κ2) is 8.02. The predicted molar refractivity (Wildman–Crippen MR) is 66.2 cm³/mol. The normalized spacial score (nSPS) is 12.6. The minimum absolute atomic E-state index is 0.113. The van der Waals surface area contributed by atoms with Crippen molar-refractivity contribution in [3.05, 3.63) is 0 Å². The summed E-state index contributed by atoms with van der Waals surface area (Å²) in [4.78, 5) is 4.47. The molecular weight excluding hydrogens is 170 g/mol. The molecule has 0 bridgehead atoms. The number of hydrogen-bond donors (Lipinski definition) is 0. The highest BCUT2D eigenvalue weighted by atomic mass is 14.8. The van der Waals surface area contributed by atoms with Crippen LogP contribution in [0.4, 0.5) is 0 Å². The number of nitrogens with zero attached hydrogens (tertiary/aromatic N) is 1. The molecular formula is C13H27N. The molecule has 0 spiro atoms. The smallest absolute Gasteiger partial charge is 0.0520 e. The van der Waals surface area contributed by atoms with Crippen LogP contribution in [0.1, 0.15) is 72.6 Å². The molecule has 0 radical (unpaired) electrons. The Balaban J connectivity index is 3.17. The molecule has 0 heterocycles. The quantitative estimate of drug-likeness (QED) is 0.417. The summed E-state index contributed by atoms with van der Waals surface area (Å²) in [5, 5.41) is 0. The Morgan fingerprint density at radius 1 is 0.929 bits per heavy atom. The van der Waals surface area contributed by atoms with Crippen molar-refractivity contribution in [2.24, 2.45) is 4.99 Å². The fraction of sp³-hybridized carbons (Fsp3) is 0.923. The van der Waals surface area contributed by atoms with Crippen LogP contribution in [0.25, 0.3) is 0 Å². The third-order valence-electron chi connectivity index (χ3n) is 2.17. The molecule has 0 saturated carbocycles. The molecule has 0 rings (SSSR count). The second-order valence-corrected chi connectivity index (χ2v) is 5.04. The van der Waals surface area contributed by atoms with Crippen LogP contribution in [0.15, 0.2) is 4.99 Å². The van der Waals surface area contributed by atoms with Gasteiger partial charge >= 0.3 is 0 Å². The Morgan fingerprint density at radius 3 is 2.07 bits per heavy atom. The Kier molecular flexibility index (Phi) is 7.83. The number of hydrogen-bond acceptors (Lipinski definition) is 1. The van der Waals surface area contributed by atoms with Crippen molar-refractivity contribution in [3.8, 4) is 0 Å². The van der Waals surface area contributed by atoms with Gasteiger partial charge < -0.3 is 0 Å². The van der Waals surface area contributed by atoms with Crippen LogP contribution in [0, 0.1) is 0 Å². The molecule has 0 unspecified atom stereocenters. The first-order valence-corrected chi connectivity index (χ1v) is 6.10. The number of rotatable bonds is 7. The highest BCUT2D eigenvalue weighted by molar-refractivity contribution is 5.57. The molecule has 0 amide bonds. The van der Waals surface area contributed by atoms with E-state index in [1.807, 2.05) is 0 Å². The van der Waals surface area contributed by atoms with Crippen LogP contribution in [-0.4, -0.2) is 11.8 Å². The highest BCUT2D eigenvalue weighted by Gasteiger charge is 2.03. The molecule has 0 atom stereocenters. The molecule has 0 fully saturated rings. The van der Waals surface area contributed by atoms with Crippen molar-refractivity contribution in [2.45, 2.75) is 78.2 Å². The van der Waals surface area contributed by atoms with Gasteiger partial charge in [-0.2, -0.15) is 0 Å². The van der Waals surface area contributed by atoms with E-state index in [9.17, 15) is 0 Å². The van der Waals surface area contributed by atoms with Gasteiger partial charge in [0.15, 0.2) is 0 Å². The third kappa shape index (κ3) is 11.7. The lowest BCUT2D eigenvalue weighted by molar-refractivity contribution is 0.581. The summed E-state index contributed by atoms with van der Waals surface area (Å²) in [5.74, 6) is 0. The lowest BCUT2D eigenvalue weighted by Gasteiger charge is -2.10. The van der Waals surface area contributed by atoms with Crippen molar-refractivity contribution in [1.82, 2.24) is 0 Å². The Hall–Kier alpha value is -0.330. The molecule has 84 valence electrons. The first kappa shape index (κ1) is 13.7. The summed E-state index contributed by atoms with van der Waals surface area (Å²) in [6.07, 6.45) is 11.5. The van der Waals surface area contributed by atoms with Gasteiger partial charge in [0.2, 0.25) is 0 Å². The zero-order chi connectivity index (χ0) is 10.9. The van der Waals surface area contributed by atoms with E-state index >= 15 is 0 Å². The summed E-state index contributed by atoms with van der Waals surface area (Å²) in [7, 11) is 0. The van der Waals surface area contributed by atoms with Crippen LogP contribution >= 0.6 is 0 Å². The maximum Gasteiger partial charge on any atom is 0.0520 e. The molecule has 0 aliphatic rings. The summed E-state index contributed by atoms with van der Waals surface area (Å²) in [5.41, 5.74) is 0.113. The average Bonchev–Trinajstić information content (AvgIpc) is 2.08. The van der Waals surface area contributed by atoms with Gasteiger partial charge in [-0.15, -0.1) is 0 Å². The number of unbranched alkanes of at least 4 members (excludes halogenated alkanes) is 6. The standard InChI is InChI=1S/C13H27N/c1-5-6-7-8-9-10-11-12-14-13(2,3)4/h12H,5-11H2,1-4H3/b14-12+. The summed E-state index contributed by atoms with van der Waals surface area (Å²) < 4.78 is 0. The largest absolute Gasteiger partial charge is 0.292 e. The van der Waals surface area contributed by atoms with Crippen LogP contribution in [0.5, 0.6) is 0 Å². The Labute approximate surface area is 90.0 Å². The van der Waals surface area contributed by atoms with Gasteiger partial charge in [0.05, 0.1) is 5.54 Å². The molecule has 0 aliphatic heterocycles. The maximum absolute atomic E-state index is 4.47. The van der Waals surface area contributed by atoms with E-state index in [1.54, 1.807) is 0 Å². The van der Waals surface area contributed by atoms with Gasteiger partial charge in [0.25, 0.3) is 0 Å². The molecule has 0 aromatic carbocycles. The Morgan fingerprint density at radius 2 is 1.50 bits per heavy atom. The minimum atomic E-state index is 0.113. The van der Waals surface area contributed by atoms with E-state index < -0.39 is 0 Å². The Bertz CT molecular complexity index is 142. The highest BCUT2D eigenvalue weighted by Crippen LogP contribution is 2.08. The van der Waals surface area contributed by atoms with Crippen molar-refractivity contribution in [3.63, 3.8) is 0 Å². The first-order chi connectivity index (χ1) is 6.56. The van der Waals surface area contributed by atoms with E-state index in [0.717, 1.165) is 6.42 Å². The molecule has 0 aliphatic carbocycles. The maximum atomic E-state index is 4.47. The zero-order valence-corrected chi connectivity index (χ0v) is 10.5. The van der Waals surface area contributed by atoms with Gasteiger partial charge in [0, 0.05) is 0 Å². The second-order valence-electron chi connectivity index (χ2n) is 5.04. The molecule has 0 saturated heterocycles. The molecule has 1 heteroatoms.